The molecule has 0 aromatic heterocycles. The van der Waals surface area contributed by atoms with Crippen molar-refractivity contribution in [1.82, 2.24) is 4.72 Å². The lowest BCUT2D eigenvalue weighted by Gasteiger charge is -2.21. The van der Waals surface area contributed by atoms with E-state index in [1.54, 1.807) is 11.8 Å². The van der Waals surface area contributed by atoms with Crippen molar-refractivity contribution in [3.8, 4) is 6.07 Å². The van der Waals surface area contributed by atoms with Gasteiger partial charge in [0.15, 0.2) is 0 Å². The summed E-state index contributed by atoms with van der Waals surface area (Å²) in [7, 11) is -3.66. The Morgan fingerprint density at radius 3 is 2.90 bits per heavy atom. The van der Waals surface area contributed by atoms with Crippen molar-refractivity contribution in [2.75, 3.05) is 18.0 Å². The van der Waals surface area contributed by atoms with E-state index in [-0.39, 0.29) is 10.5 Å². The van der Waals surface area contributed by atoms with Gasteiger partial charge in [-0.05, 0) is 36.8 Å². The van der Waals surface area contributed by atoms with Gasteiger partial charge in [0, 0.05) is 17.5 Å². The number of thioether (sulfide) groups is 1. The molecule has 1 saturated heterocycles. The third-order valence-corrected chi connectivity index (χ3v) is 6.07. The molecule has 7 heteroatoms. The monoisotopic (exact) mass is 311 g/mol. The number of hydrogen-bond donors (Lipinski definition) is 2. The van der Waals surface area contributed by atoms with E-state index in [2.05, 4.69) is 4.72 Å². The Labute approximate surface area is 123 Å². The van der Waals surface area contributed by atoms with E-state index in [9.17, 15) is 8.42 Å². The standard InChI is InChI=1S/C13H17N3O2S2/c14-8-10-7-11(15)4-5-13(10)20(17,18)16-9-12-3-1-2-6-19-12/h4-5,7,12,16H,1-3,6,9,15H2. The molecule has 1 aromatic carbocycles. The number of sulfonamides is 1. The molecule has 1 heterocycles. The fraction of sp³-hybridized carbons (Fsp3) is 0.462. The topological polar surface area (TPSA) is 96.0 Å². The minimum atomic E-state index is -3.66. The second kappa shape index (κ2) is 6.48. The summed E-state index contributed by atoms with van der Waals surface area (Å²) in [6, 6.07) is 6.13. The molecule has 5 nitrogen and oxygen atoms in total. The Bertz CT molecular complexity index is 617. The summed E-state index contributed by atoms with van der Waals surface area (Å²) in [5.41, 5.74) is 6.02. The van der Waals surface area contributed by atoms with Gasteiger partial charge in [-0.25, -0.2) is 13.1 Å². The number of nitrogens with one attached hydrogen (secondary N) is 1. The zero-order valence-corrected chi connectivity index (χ0v) is 12.6. The summed E-state index contributed by atoms with van der Waals surface area (Å²) >= 11 is 1.80. The summed E-state index contributed by atoms with van der Waals surface area (Å²) in [6.45, 7) is 0.405. The molecule has 0 aliphatic carbocycles. The van der Waals surface area contributed by atoms with Gasteiger partial charge < -0.3 is 5.73 Å². The molecule has 1 fully saturated rings. The average molecular weight is 311 g/mol. The molecule has 0 spiro atoms. The Hall–Kier alpha value is -1.23. The Morgan fingerprint density at radius 1 is 1.45 bits per heavy atom. The number of rotatable bonds is 4. The molecule has 1 aliphatic rings. The normalized spacial score (nSPS) is 19.4. The van der Waals surface area contributed by atoms with Crippen molar-refractivity contribution >= 4 is 27.5 Å². The van der Waals surface area contributed by atoms with Gasteiger partial charge in [-0.1, -0.05) is 6.42 Å². The summed E-state index contributed by atoms with van der Waals surface area (Å²) in [4.78, 5) is -0.00462. The molecule has 108 valence electrons. The number of benzene rings is 1. The van der Waals surface area contributed by atoms with Gasteiger partial charge in [0.1, 0.15) is 6.07 Å². The molecule has 20 heavy (non-hydrogen) atoms. The van der Waals surface area contributed by atoms with Gasteiger partial charge in [-0.2, -0.15) is 17.0 Å². The predicted octanol–water partition coefficient (Wildman–Crippen LogP) is 1.70. The molecular formula is C13H17N3O2S2. The number of nitriles is 1. The van der Waals surface area contributed by atoms with E-state index in [1.165, 1.54) is 24.6 Å². The van der Waals surface area contributed by atoms with E-state index in [0.29, 0.717) is 17.5 Å². The quantitative estimate of drug-likeness (QED) is 0.825. The van der Waals surface area contributed by atoms with Gasteiger partial charge in [0.05, 0.1) is 10.5 Å². The Kier molecular flexibility index (Phi) is 4.91. The van der Waals surface area contributed by atoms with Crippen LogP contribution >= 0.6 is 11.8 Å². The van der Waals surface area contributed by atoms with Crippen LogP contribution < -0.4 is 10.5 Å². The SMILES string of the molecule is N#Cc1cc(N)ccc1S(=O)(=O)NCC1CCCCS1. The number of anilines is 1. The fourth-order valence-electron chi connectivity index (χ4n) is 2.12. The van der Waals surface area contributed by atoms with Gasteiger partial charge in [-0.15, -0.1) is 0 Å². The first-order chi connectivity index (χ1) is 9.53. The van der Waals surface area contributed by atoms with Crippen LogP contribution in [-0.2, 0) is 10.0 Å². The van der Waals surface area contributed by atoms with Gasteiger partial charge in [-0.3, -0.25) is 0 Å². The molecule has 0 bridgehead atoms. The number of nitrogens with zero attached hydrogens (tertiary/aromatic N) is 1. The van der Waals surface area contributed by atoms with Crippen LogP contribution in [0.5, 0.6) is 0 Å². The van der Waals surface area contributed by atoms with Crippen LogP contribution in [0, 0.1) is 11.3 Å². The third kappa shape index (κ3) is 3.66. The molecular weight excluding hydrogens is 294 g/mol. The summed E-state index contributed by atoms with van der Waals surface area (Å²) < 4.78 is 27.1. The molecule has 0 radical (unpaired) electrons. The largest absolute Gasteiger partial charge is 0.399 e. The first-order valence-corrected chi connectivity index (χ1v) is 8.97. The first-order valence-electron chi connectivity index (χ1n) is 6.44. The van der Waals surface area contributed by atoms with Gasteiger partial charge >= 0.3 is 0 Å². The highest BCUT2D eigenvalue weighted by molar-refractivity contribution is 8.00. The second-order valence-electron chi connectivity index (χ2n) is 4.71. The zero-order valence-electron chi connectivity index (χ0n) is 11.0. The zero-order chi connectivity index (χ0) is 14.6. The maximum absolute atomic E-state index is 12.3. The fourth-order valence-corrected chi connectivity index (χ4v) is 4.68. The van der Waals surface area contributed by atoms with E-state index >= 15 is 0 Å². The van der Waals surface area contributed by atoms with Gasteiger partial charge in [0.2, 0.25) is 10.0 Å². The van der Waals surface area contributed by atoms with Crippen molar-refractivity contribution in [2.24, 2.45) is 0 Å². The second-order valence-corrected chi connectivity index (χ2v) is 7.85. The highest BCUT2D eigenvalue weighted by atomic mass is 32.2. The van der Waals surface area contributed by atoms with Crippen molar-refractivity contribution in [3.05, 3.63) is 23.8 Å². The van der Waals surface area contributed by atoms with Crippen LogP contribution in [0.1, 0.15) is 24.8 Å². The van der Waals surface area contributed by atoms with Crippen molar-refractivity contribution in [3.63, 3.8) is 0 Å². The lowest BCUT2D eigenvalue weighted by atomic mass is 10.2. The van der Waals surface area contributed by atoms with Crippen LogP contribution in [-0.4, -0.2) is 26.0 Å². The Morgan fingerprint density at radius 2 is 2.25 bits per heavy atom. The van der Waals surface area contributed by atoms with Gasteiger partial charge in [0.25, 0.3) is 0 Å². The highest BCUT2D eigenvalue weighted by Crippen LogP contribution is 2.25. The molecule has 2 rings (SSSR count). The summed E-state index contributed by atoms with van der Waals surface area (Å²) in [6.07, 6.45) is 3.37. The summed E-state index contributed by atoms with van der Waals surface area (Å²) in [5, 5.41) is 9.34. The van der Waals surface area contributed by atoms with E-state index in [1.807, 2.05) is 6.07 Å². The average Bonchev–Trinajstić information content (AvgIpc) is 2.46. The van der Waals surface area contributed by atoms with Crippen molar-refractivity contribution in [2.45, 2.75) is 29.4 Å². The lowest BCUT2D eigenvalue weighted by Crippen LogP contribution is -2.32. The molecule has 0 amide bonds. The molecule has 0 saturated carbocycles. The van der Waals surface area contributed by atoms with Crippen LogP contribution in [0.2, 0.25) is 0 Å². The van der Waals surface area contributed by atoms with Crippen molar-refractivity contribution in [1.29, 1.82) is 5.26 Å². The van der Waals surface area contributed by atoms with E-state index < -0.39 is 10.0 Å². The van der Waals surface area contributed by atoms with E-state index in [0.717, 1.165) is 18.6 Å². The van der Waals surface area contributed by atoms with Crippen LogP contribution in [0.3, 0.4) is 0 Å². The first kappa shape index (κ1) is 15.2. The van der Waals surface area contributed by atoms with Crippen molar-refractivity contribution < 1.29 is 8.42 Å². The highest BCUT2D eigenvalue weighted by Gasteiger charge is 2.21. The molecule has 3 N–H and O–H groups in total. The minimum absolute atomic E-state index is 0.00462. The van der Waals surface area contributed by atoms with E-state index in [4.69, 9.17) is 11.0 Å². The van der Waals surface area contributed by atoms with Crippen LogP contribution in [0.15, 0.2) is 23.1 Å². The smallest absolute Gasteiger partial charge is 0.241 e. The molecule has 1 aromatic rings. The third-order valence-electron chi connectivity index (χ3n) is 3.19. The number of hydrogen-bond acceptors (Lipinski definition) is 5. The summed E-state index contributed by atoms with van der Waals surface area (Å²) in [5.74, 6) is 1.08. The van der Waals surface area contributed by atoms with Crippen LogP contribution in [0.25, 0.3) is 0 Å². The maximum Gasteiger partial charge on any atom is 0.241 e. The maximum atomic E-state index is 12.3. The predicted molar refractivity (Wildman–Crippen MR) is 80.9 cm³/mol. The molecule has 1 aliphatic heterocycles. The lowest BCUT2D eigenvalue weighted by molar-refractivity contribution is 0.573. The Balaban J connectivity index is 2.12. The minimum Gasteiger partial charge on any atom is -0.399 e. The molecule has 1 unspecified atom stereocenters. The number of nitrogens with two attached hydrogens (primary N) is 1. The number of nitrogen functional groups attached to an aromatic ring is 1. The van der Waals surface area contributed by atoms with Crippen LogP contribution in [0.4, 0.5) is 5.69 Å². The molecule has 1 atom stereocenters.